The Kier molecular flexibility index (Phi) is 4.31. The van der Waals surface area contributed by atoms with Gasteiger partial charge in [0.15, 0.2) is 9.76 Å². The topological polar surface area (TPSA) is 68.7 Å². The SMILES string of the molecule is O=C(N=c1sccn1Cc1ccccc1F)c1cnc2sccn2c1=O. The van der Waals surface area contributed by atoms with E-state index in [-0.39, 0.29) is 17.9 Å². The van der Waals surface area contributed by atoms with Crippen molar-refractivity contribution in [1.29, 1.82) is 0 Å². The van der Waals surface area contributed by atoms with Gasteiger partial charge in [0.1, 0.15) is 11.4 Å². The van der Waals surface area contributed by atoms with Gasteiger partial charge in [-0.15, -0.1) is 22.7 Å². The van der Waals surface area contributed by atoms with Gasteiger partial charge in [0, 0.05) is 34.9 Å². The molecule has 0 unspecified atom stereocenters. The second-order valence-electron chi connectivity index (χ2n) is 5.35. The van der Waals surface area contributed by atoms with Crippen LogP contribution in [0, 0.1) is 5.82 Å². The minimum absolute atomic E-state index is 0.105. The predicted octanol–water partition coefficient (Wildman–Crippen LogP) is 2.55. The molecule has 0 fully saturated rings. The van der Waals surface area contributed by atoms with Gasteiger partial charge in [0.05, 0.1) is 6.54 Å². The first-order valence-electron chi connectivity index (χ1n) is 7.55. The Morgan fingerprint density at radius 1 is 1.19 bits per heavy atom. The average Bonchev–Trinajstić information content (AvgIpc) is 3.27. The minimum Gasteiger partial charge on any atom is -0.319 e. The quantitative estimate of drug-likeness (QED) is 0.543. The molecule has 1 amide bonds. The van der Waals surface area contributed by atoms with E-state index in [0.29, 0.717) is 15.3 Å². The summed E-state index contributed by atoms with van der Waals surface area (Å²) in [6.07, 6.45) is 4.53. The number of aromatic nitrogens is 3. The molecule has 0 radical (unpaired) electrons. The second kappa shape index (κ2) is 6.77. The summed E-state index contributed by atoms with van der Waals surface area (Å²) >= 11 is 2.54. The van der Waals surface area contributed by atoms with E-state index in [4.69, 9.17) is 0 Å². The third-order valence-electron chi connectivity index (χ3n) is 3.73. The fraction of sp³-hybridized carbons (Fsp3) is 0.0588. The molecule has 0 bridgehead atoms. The molecule has 130 valence electrons. The number of rotatable bonds is 3. The van der Waals surface area contributed by atoms with Gasteiger partial charge in [-0.25, -0.2) is 9.37 Å². The van der Waals surface area contributed by atoms with E-state index in [9.17, 15) is 14.0 Å². The number of benzene rings is 1. The first-order valence-corrected chi connectivity index (χ1v) is 9.30. The van der Waals surface area contributed by atoms with E-state index in [0.717, 1.165) is 0 Å². The summed E-state index contributed by atoms with van der Waals surface area (Å²) in [6, 6.07) is 6.42. The number of amides is 1. The Morgan fingerprint density at radius 2 is 2.00 bits per heavy atom. The first-order chi connectivity index (χ1) is 12.6. The summed E-state index contributed by atoms with van der Waals surface area (Å²) < 4.78 is 16.8. The molecule has 4 aromatic rings. The van der Waals surface area contributed by atoms with Crippen LogP contribution in [-0.2, 0) is 6.54 Å². The lowest BCUT2D eigenvalue weighted by atomic mass is 10.2. The Bertz CT molecular complexity index is 1240. The van der Waals surface area contributed by atoms with Crippen LogP contribution in [0.5, 0.6) is 0 Å². The van der Waals surface area contributed by atoms with Crippen LogP contribution < -0.4 is 10.4 Å². The number of carbonyl (C=O) groups is 1. The Balaban J connectivity index is 1.71. The van der Waals surface area contributed by atoms with Crippen molar-refractivity contribution in [3.8, 4) is 0 Å². The summed E-state index contributed by atoms with van der Waals surface area (Å²) in [6.45, 7) is 0.239. The van der Waals surface area contributed by atoms with Crippen molar-refractivity contribution in [2.45, 2.75) is 6.54 Å². The summed E-state index contributed by atoms with van der Waals surface area (Å²) in [5, 5.41) is 3.47. The normalized spacial score (nSPS) is 12.0. The maximum Gasteiger partial charge on any atom is 0.286 e. The highest BCUT2D eigenvalue weighted by atomic mass is 32.1. The van der Waals surface area contributed by atoms with Gasteiger partial charge in [-0.1, -0.05) is 18.2 Å². The molecule has 1 aromatic carbocycles. The highest BCUT2D eigenvalue weighted by Gasteiger charge is 2.13. The number of halogens is 1. The zero-order chi connectivity index (χ0) is 18.1. The molecule has 4 rings (SSSR count). The van der Waals surface area contributed by atoms with Gasteiger partial charge in [-0.05, 0) is 6.07 Å². The maximum atomic E-state index is 13.9. The maximum absolute atomic E-state index is 13.9. The third kappa shape index (κ3) is 3.02. The van der Waals surface area contributed by atoms with E-state index < -0.39 is 11.5 Å². The Morgan fingerprint density at radius 3 is 2.85 bits per heavy atom. The molecule has 6 nitrogen and oxygen atoms in total. The molecule has 26 heavy (non-hydrogen) atoms. The van der Waals surface area contributed by atoms with Crippen LogP contribution in [0.1, 0.15) is 15.9 Å². The molecule has 3 aromatic heterocycles. The molecule has 0 N–H and O–H groups in total. The van der Waals surface area contributed by atoms with Crippen molar-refractivity contribution >= 4 is 33.5 Å². The fourth-order valence-corrected chi connectivity index (χ4v) is 3.84. The molecule has 9 heteroatoms. The molecule has 0 spiro atoms. The first kappa shape index (κ1) is 16.6. The van der Waals surface area contributed by atoms with E-state index >= 15 is 0 Å². The van der Waals surface area contributed by atoms with Gasteiger partial charge in [-0.2, -0.15) is 4.99 Å². The van der Waals surface area contributed by atoms with E-state index in [1.807, 2.05) is 0 Å². The molecule has 0 aliphatic heterocycles. The molecular weight excluding hydrogens is 375 g/mol. The molecule has 3 heterocycles. The van der Waals surface area contributed by atoms with Gasteiger partial charge >= 0.3 is 0 Å². The van der Waals surface area contributed by atoms with Gasteiger partial charge < -0.3 is 4.57 Å². The number of carbonyl (C=O) groups excluding carboxylic acids is 1. The highest BCUT2D eigenvalue weighted by molar-refractivity contribution is 7.15. The van der Waals surface area contributed by atoms with E-state index in [1.54, 1.807) is 45.9 Å². The van der Waals surface area contributed by atoms with Crippen molar-refractivity contribution in [3.63, 3.8) is 0 Å². The highest BCUT2D eigenvalue weighted by Crippen LogP contribution is 2.09. The number of hydrogen-bond donors (Lipinski definition) is 0. The summed E-state index contributed by atoms with van der Waals surface area (Å²) in [5.74, 6) is -0.998. The number of hydrogen-bond acceptors (Lipinski definition) is 5. The number of fused-ring (bicyclic) bond motifs is 1. The number of nitrogens with zero attached hydrogens (tertiary/aromatic N) is 4. The van der Waals surface area contributed by atoms with Crippen LogP contribution in [-0.4, -0.2) is 19.9 Å². The van der Waals surface area contributed by atoms with Crippen molar-refractivity contribution < 1.29 is 9.18 Å². The fourth-order valence-electron chi connectivity index (χ4n) is 2.44. The molecule has 0 saturated heterocycles. The van der Waals surface area contributed by atoms with Crippen molar-refractivity contribution in [2.75, 3.05) is 0 Å². The van der Waals surface area contributed by atoms with Crippen LogP contribution >= 0.6 is 22.7 Å². The van der Waals surface area contributed by atoms with Gasteiger partial charge in [0.2, 0.25) is 0 Å². The van der Waals surface area contributed by atoms with E-state index in [2.05, 4.69) is 9.98 Å². The van der Waals surface area contributed by atoms with Crippen LogP contribution in [0.4, 0.5) is 4.39 Å². The van der Waals surface area contributed by atoms with Crippen molar-refractivity contribution in [1.82, 2.24) is 14.0 Å². The standard InChI is InChI=1S/C17H11FN4O2S2/c18-13-4-2-1-3-11(13)10-21-5-7-26-17(21)20-14(23)12-9-19-16-22(15(12)24)6-8-25-16/h1-9H,10H2. The zero-order valence-corrected chi connectivity index (χ0v) is 14.8. The van der Waals surface area contributed by atoms with Crippen LogP contribution in [0.25, 0.3) is 4.96 Å². The minimum atomic E-state index is -0.673. The predicted molar refractivity (Wildman–Crippen MR) is 97.0 cm³/mol. The van der Waals surface area contributed by atoms with Crippen molar-refractivity contribution in [2.24, 2.45) is 4.99 Å². The van der Waals surface area contributed by atoms with Crippen LogP contribution in [0.3, 0.4) is 0 Å². The Hall–Kier alpha value is -2.91. The van der Waals surface area contributed by atoms with Gasteiger partial charge in [-0.3, -0.25) is 14.0 Å². The smallest absolute Gasteiger partial charge is 0.286 e. The lowest BCUT2D eigenvalue weighted by Crippen LogP contribution is -2.23. The lowest BCUT2D eigenvalue weighted by molar-refractivity contribution is 0.0996. The summed E-state index contributed by atoms with van der Waals surface area (Å²) in [7, 11) is 0. The summed E-state index contributed by atoms with van der Waals surface area (Å²) in [5.41, 5.74) is -0.0739. The molecular formula is C17H11FN4O2S2. The largest absolute Gasteiger partial charge is 0.319 e. The van der Waals surface area contributed by atoms with E-state index in [1.165, 1.54) is 39.3 Å². The summed E-state index contributed by atoms with van der Waals surface area (Å²) in [4.78, 5) is 33.9. The monoisotopic (exact) mass is 386 g/mol. The average molecular weight is 386 g/mol. The zero-order valence-electron chi connectivity index (χ0n) is 13.2. The van der Waals surface area contributed by atoms with Crippen LogP contribution in [0.2, 0.25) is 0 Å². The lowest BCUT2D eigenvalue weighted by Gasteiger charge is -2.04. The molecule has 0 aliphatic rings. The molecule has 0 saturated carbocycles. The molecule has 0 atom stereocenters. The van der Waals surface area contributed by atoms with Gasteiger partial charge in [0.25, 0.3) is 11.5 Å². The number of thiazole rings is 2. The second-order valence-corrected chi connectivity index (χ2v) is 7.10. The third-order valence-corrected chi connectivity index (χ3v) is 5.29. The molecule has 0 aliphatic carbocycles. The van der Waals surface area contributed by atoms with Crippen molar-refractivity contribution in [3.05, 3.63) is 85.7 Å². The Labute approximate surface area is 154 Å². The van der Waals surface area contributed by atoms with Crippen LogP contribution in [0.15, 0.2) is 63.4 Å².